The van der Waals surface area contributed by atoms with Crippen LogP contribution in [0, 0.1) is 0 Å². The Morgan fingerprint density at radius 1 is 1.09 bits per heavy atom. The number of aliphatic carboxylic acids is 1. The molecule has 0 saturated carbocycles. The van der Waals surface area contributed by atoms with Gasteiger partial charge in [-0.2, -0.15) is 0 Å². The van der Waals surface area contributed by atoms with Gasteiger partial charge in [0.05, 0.1) is 11.7 Å². The molecular formula is C22H34N4O7. The first-order valence-corrected chi connectivity index (χ1v) is 10.6. The number of benzene rings is 1. The predicted molar refractivity (Wildman–Crippen MR) is 122 cm³/mol. The topological polar surface area (TPSA) is 180 Å². The molecule has 1 aromatic rings. The zero-order valence-electron chi connectivity index (χ0n) is 19.6. The van der Waals surface area contributed by atoms with Gasteiger partial charge in [-0.05, 0) is 65.2 Å². The van der Waals surface area contributed by atoms with Crippen LogP contribution in [0.5, 0.6) is 5.75 Å². The molecule has 0 fully saturated rings. The number of anilines is 1. The second-order valence-corrected chi connectivity index (χ2v) is 8.84. The first-order valence-electron chi connectivity index (χ1n) is 10.6. The fraction of sp³-hybridized carbons (Fsp3) is 0.545. The number of nitrogens with two attached hydrogens (primary N) is 1. The number of hydrogen-bond donors (Lipinski definition) is 6. The summed E-state index contributed by atoms with van der Waals surface area (Å²) in [7, 11) is 0. The van der Waals surface area contributed by atoms with Crippen LogP contribution in [-0.2, 0) is 25.5 Å². The smallest absolute Gasteiger partial charge is 0.407 e. The van der Waals surface area contributed by atoms with Crippen LogP contribution in [0.2, 0.25) is 0 Å². The molecule has 3 unspecified atom stereocenters. The molecule has 0 radical (unpaired) electrons. The Kier molecular flexibility index (Phi) is 10.1. The van der Waals surface area contributed by atoms with Crippen LogP contribution < -0.4 is 21.7 Å². The standard InChI is InChI=1S/C22H34N4O7/c1-12(23)19(30)24-13(2)20(31)26-16-11-14(6-8-17(16)27)10-15(7-9-18(28)29)25-21(32)33-22(3,4)5/h6,8,11-13,15,27H,7,9-10,23H2,1-5H3,(H,24,30)(H,25,32)(H,26,31)(H,28,29). The summed E-state index contributed by atoms with van der Waals surface area (Å²) in [6, 6.07) is 2.24. The summed E-state index contributed by atoms with van der Waals surface area (Å²) < 4.78 is 5.25. The van der Waals surface area contributed by atoms with Crippen molar-refractivity contribution in [2.24, 2.45) is 5.73 Å². The van der Waals surface area contributed by atoms with E-state index in [1.54, 1.807) is 26.8 Å². The molecule has 3 amide bonds. The molecule has 33 heavy (non-hydrogen) atoms. The number of ether oxygens (including phenoxy) is 1. The Balaban J connectivity index is 2.94. The maximum atomic E-state index is 12.4. The molecule has 7 N–H and O–H groups in total. The molecule has 3 atom stereocenters. The Morgan fingerprint density at radius 2 is 1.73 bits per heavy atom. The van der Waals surface area contributed by atoms with Crippen molar-refractivity contribution in [1.29, 1.82) is 0 Å². The average molecular weight is 467 g/mol. The van der Waals surface area contributed by atoms with Gasteiger partial charge in [-0.1, -0.05) is 6.07 Å². The first-order chi connectivity index (χ1) is 15.2. The number of phenolic OH excluding ortho intramolecular Hbond substituents is 1. The molecule has 1 aromatic carbocycles. The van der Waals surface area contributed by atoms with Gasteiger partial charge in [-0.25, -0.2) is 4.79 Å². The minimum absolute atomic E-state index is 0.105. The molecule has 0 aromatic heterocycles. The number of nitrogens with one attached hydrogen (secondary N) is 3. The van der Waals surface area contributed by atoms with E-state index in [2.05, 4.69) is 16.0 Å². The molecule has 0 aliphatic carbocycles. The molecule has 184 valence electrons. The van der Waals surface area contributed by atoms with Crippen LogP contribution in [0.25, 0.3) is 0 Å². The van der Waals surface area contributed by atoms with Gasteiger partial charge >= 0.3 is 12.1 Å². The van der Waals surface area contributed by atoms with E-state index in [1.807, 2.05) is 0 Å². The normalized spacial score (nSPS) is 13.9. The molecule has 0 spiro atoms. The predicted octanol–water partition coefficient (Wildman–Crippen LogP) is 1.48. The number of carbonyl (C=O) groups excluding carboxylic acids is 3. The van der Waals surface area contributed by atoms with Crippen molar-refractivity contribution in [3.05, 3.63) is 23.8 Å². The highest BCUT2D eigenvalue weighted by Gasteiger charge is 2.22. The number of carboxylic acids is 1. The highest BCUT2D eigenvalue weighted by atomic mass is 16.6. The number of hydrogen-bond acceptors (Lipinski definition) is 7. The van der Waals surface area contributed by atoms with Crippen LogP contribution in [0.3, 0.4) is 0 Å². The summed E-state index contributed by atoms with van der Waals surface area (Å²) in [4.78, 5) is 47.3. The number of amides is 3. The molecule has 0 bridgehead atoms. The summed E-state index contributed by atoms with van der Waals surface area (Å²) >= 11 is 0. The van der Waals surface area contributed by atoms with E-state index in [0.717, 1.165) is 0 Å². The molecule has 11 heteroatoms. The van der Waals surface area contributed by atoms with Crippen molar-refractivity contribution in [3.63, 3.8) is 0 Å². The maximum Gasteiger partial charge on any atom is 0.407 e. The van der Waals surface area contributed by atoms with Crippen molar-refractivity contribution in [1.82, 2.24) is 10.6 Å². The van der Waals surface area contributed by atoms with Gasteiger partial charge in [0, 0.05) is 12.5 Å². The third-order valence-electron chi connectivity index (χ3n) is 4.39. The van der Waals surface area contributed by atoms with Crippen LogP contribution >= 0.6 is 0 Å². The van der Waals surface area contributed by atoms with Crippen molar-refractivity contribution in [3.8, 4) is 5.75 Å². The third kappa shape index (κ3) is 10.7. The highest BCUT2D eigenvalue weighted by molar-refractivity contribution is 5.98. The first kappa shape index (κ1) is 27.7. The van der Waals surface area contributed by atoms with Gasteiger partial charge < -0.3 is 36.6 Å². The van der Waals surface area contributed by atoms with Crippen molar-refractivity contribution < 1.29 is 34.1 Å². The number of phenols is 1. The Bertz CT molecular complexity index is 865. The number of carbonyl (C=O) groups is 4. The number of alkyl carbamates (subject to hydrolysis) is 1. The van der Waals surface area contributed by atoms with Crippen molar-refractivity contribution in [2.45, 2.75) is 77.6 Å². The van der Waals surface area contributed by atoms with Gasteiger partial charge in [-0.15, -0.1) is 0 Å². The summed E-state index contributed by atoms with van der Waals surface area (Å²) in [5.74, 6) is -2.26. The maximum absolute atomic E-state index is 12.4. The SMILES string of the molecule is CC(N)C(=O)NC(C)C(=O)Nc1cc(CC(CCC(=O)O)NC(=O)OC(C)(C)C)ccc1O. The van der Waals surface area contributed by atoms with E-state index < -0.39 is 47.6 Å². The third-order valence-corrected chi connectivity index (χ3v) is 4.39. The lowest BCUT2D eigenvalue weighted by atomic mass is 10.0. The van der Waals surface area contributed by atoms with Crippen molar-refractivity contribution in [2.75, 3.05) is 5.32 Å². The van der Waals surface area contributed by atoms with Gasteiger partial charge in [0.25, 0.3) is 0 Å². The Hall–Kier alpha value is -3.34. The zero-order chi connectivity index (χ0) is 25.3. The minimum Gasteiger partial charge on any atom is -0.506 e. The van der Waals surface area contributed by atoms with Gasteiger partial charge in [-0.3, -0.25) is 14.4 Å². The minimum atomic E-state index is -1.01. The molecule has 11 nitrogen and oxygen atoms in total. The second-order valence-electron chi connectivity index (χ2n) is 8.84. The lowest BCUT2D eigenvalue weighted by Gasteiger charge is -2.24. The van der Waals surface area contributed by atoms with E-state index in [0.29, 0.717) is 5.56 Å². The van der Waals surface area contributed by atoms with Crippen LogP contribution in [0.15, 0.2) is 18.2 Å². The van der Waals surface area contributed by atoms with E-state index in [4.69, 9.17) is 15.6 Å². The van der Waals surface area contributed by atoms with Gasteiger partial charge in [0.15, 0.2) is 0 Å². The molecule has 0 saturated heterocycles. The van der Waals surface area contributed by atoms with Crippen LogP contribution in [0.1, 0.15) is 53.0 Å². The fourth-order valence-electron chi connectivity index (χ4n) is 2.74. The van der Waals surface area contributed by atoms with E-state index in [1.165, 1.54) is 26.0 Å². The fourth-order valence-corrected chi connectivity index (χ4v) is 2.74. The second kappa shape index (κ2) is 12.0. The highest BCUT2D eigenvalue weighted by Crippen LogP contribution is 2.25. The summed E-state index contributed by atoms with van der Waals surface area (Å²) in [6.07, 6.45) is -0.466. The quantitative estimate of drug-likeness (QED) is 0.280. The number of carboxylic acid groups (broad SMARTS) is 1. The molecule has 0 aliphatic rings. The van der Waals surface area contributed by atoms with Crippen molar-refractivity contribution >= 4 is 29.6 Å². The summed E-state index contributed by atoms with van der Waals surface area (Å²) in [6.45, 7) is 8.10. The van der Waals surface area contributed by atoms with E-state index in [9.17, 15) is 24.3 Å². The van der Waals surface area contributed by atoms with Gasteiger partial charge in [0.2, 0.25) is 11.8 Å². The summed E-state index contributed by atoms with van der Waals surface area (Å²) in [5, 5.41) is 26.8. The van der Waals surface area contributed by atoms with Crippen LogP contribution in [-0.4, -0.2) is 57.8 Å². The number of aromatic hydroxyl groups is 1. The lowest BCUT2D eigenvalue weighted by Crippen LogP contribution is -2.47. The summed E-state index contributed by atoms with van der Waals surface area (Å²) in [5.41, 5.74) is 5.49. The van der Waals surface area contributed by atoms with E-state index >= 15 is 0 Å². The number of rotatable bonds is 10. The van der Waals surface area contributed by atoms with Crippen LogP contribution in [0.4, 0.5) is 10.5 Å². The monoisotopic (exact) mass is 466 g/mol. The Morgan fingerprint density at radius 3 is 2.27 bits per heavy atom. The lowest BCUT2D eigenvalue weighted by molar-refractivity contribution is -0.137. The largest absolute Gasteiger partial charge is 0.506 e. The molecule has 1 rings (SSSR count). The zero-order valence-corrected chi connectivity index (χ0v) is 19.6. The van der Waals surface area contributed by atoms with Gasteiger partial charge in [0.1, 0.15) is 17.4 Å². The molecule has 0 heterocycles. The molecular weight excluding hydrogens is 432 g/mol. The Labute approximate surface area is 193 Å². The average Bonchev–Trinajstić information content (AvgIpc) is 2.66. The molecule has 0 aliphatic heterocycles. The van der Waals surface area contributed by atoms with E-state index in [-0.39, 0.29) is 30.7 Å².